The zero-order valence-electron chi connectivity index (χ0n) is 3.84. The molecule has 0 aromatic heterocycles. The van der Waals surface area contributed by atoms with E-state index in [-0.39, 0.29) is 0 Å². The average molecular weight is 121 g/mol. The van der Waals surface area contributed by atoms with Crippen LogP contribution in [0.3, 0.4) is 0 Å². The molecule has 1 radical (unpaired) electrons. The SMILES string of the molecule is CS(=O)(=O)C[C]=O. The van der Waals surface area contributed by atoms with Crippen LogP contribution < -0.4 is 0 Å². The first kappa shape index (κ1) is 6.62. The Kier molecular flexibility index (Phi) is 1.95. The normalized spacial score (nSPS) is 11.0. The molecule has 0 amide bonds. The lowest BCUT2D eigenvalue weighted by Gasteiger charge is -1.79. The van der Waals surface area contributed by atoms with Crippen molar-refractivity contribution in [2.45, 2.75) is 0 Å². The van der Waals surface area contributed by atoms with Crippen molar-refractivity contribution in [3.8, 4) is 0 Å². The van der Waals surface area contributed by atoms with Gasteiger partial charge in [-0.05, 0) is 0 Å². The number of sulfone groups is 1. The van der Waals surface area contributed by atoms with Crippen molar-refractivity contribution in [2.75, 3.05) is 12.0 Å². The van der Waals surface area contributed by atoms with Crippen LogP contribution in [0.5, 0.6) is 0 Å². The Bertz CT molecular complexity index is 144. The van der Waals surface area contributed by atoms with Gasteiger partial charge in [0.25, 0.3) is 0 Å². The highest BCUT2D eigenvalue weighted by atomic mass is 32.2. The van der Waals surface area contributed by atoms with Crippen molar-refractivity contribution in [1.29, 1.82) is 0 Å². The number of hydrogen-bond donors (Lipinski definition) is 0. The maximum atomic E-state index is 9.97. The van der Waals surface area contributed by atoms with Gasteiger partial charge in [-0.15, -0.1) is 0 Å². The molecule has 0 atom stereocenters. The number of rotatable bonds is 2. The predicted molar refractivity (Wildman–Crippen MR) is 25.4 cm³/mol. The summed E-state index contributed by atoms with van der Waals surface area (Å²) in [5.74, 6) is -0.493. The van der Waals surface area contributed by atoms with E-state index in [0.29, 0.717) is 0 Å². The van der Waals surface area contributed by atoms with Gasteiger partial charge in [-0.25, -0.2) is 8.42 Å². The molecule has 0 rings (SSSR count). The lowest BCUT2D eigenvalue weighted by Crippen LogP contribution is -2.02. The zero-order chi connectivity index (χ0) is 5.91. The quantitative estimate of drug-likeness (QED) is 0.477. The summed E-state index contributed by atoms with van der Waals surface area (Å²) in [6.07, 6.45) is 2.25. The lowest BCUT2D eigenvalue weighted by atomic mass is 10.9. The molecule has 0 aliphatic heterocycles. The van der Waals surface area contributed by atoms with Gasteiger partial charge in [0, 0.05) is 6.26 Å². The van der Waals surface area contributed by atoms with Crippen LogP contribution in [0, 0.1) is 0 Å². The molecule has 0 saturated carbocycles. The summed E-state index contributed by atoms with van der Waals surface area (Å²) >= 11 is 0. The third kappa shape index (κ3) is 5.62. The molecule has 0 spiro atoms. The summed E-state index contributed by atoms with van der Waals surface area (Å²) in [6, 6.07) is 0. The third-order valence-corrected chi connectivity index (χ3v) is 0.963. The minimum absolute atomic E-state index is 0.493. The molecule has 0 N–H and O–H groups in total. The van der Waals surface area contributed by atoms with E-state index in [2.05, 4.69) is 0 Å². The van der Waals surface area contributed by atoms with Crippen molar-refractivity contribution >= 4 is 16.1 Å². The monoisotopic (exact) mass is 121 g/mol. The van der Waals surface area contributed by atoms with E-state index < -0.39 is 15.6 Å². The molecular formula is C3H5O3S. The minimum atomic E-state index is -3.10. The van der Waals surface area contributed by atoms with Crippen LogP contribution in [-0.2, 0) is 14.6 Å². The molecule has 0 fully saturated rings. The van der Waals surface area contributed by atoms with Crippen LogP contribution in [0.25, 0.3) is 0 Å². The molecule has 0 aliphatic rings. The lowest BCUT2D eigenvalue weighted by molar-refractivity contribution is 0.557. The van der Waals surface area contributed by atoms with Crippen molar-refractivity contribution in [1.82, 2.24) is 0 Å². The van der Waals surface area contributed by atoms with Gasteiger partial charge >= 0.3 is 0 Å². The van der Waals surface area contributed by atoms with Crippen molar-refractivity contribution in [3.63, 3.8) is 0 Å². The van der Waals surface area contributed by atoms with Gasteiger partial charge in [0.2, 0.25) is 6.29 Å². The minimum Gasteiger partial charge on any atom is -0.290 e. The second-order valence-corrected chi connectivity index (χ2v) is 3.35. The summed E-state index contributed by atoms with van der Waals surface area (Å²) < 4.78 is 19.9. The first-order valence-corrected chi connectivity index (χ1v) is 3.65. The zero-order valence-corrected chi connectivity index (χ0v) is 4.66. The predicted octanol–water partition coefficient (Wildman–Crippen LogP) is -0.859. The van der Waals surface area contributed by atoms with Gasteiger partial charge < -0.3 is 0 Å². The van der Waals surface area contributed by atoms with Crippen LogP contribution >= 0.6 is 0 Å². The highest BCUT2D eigenvalue weighted by Crippen LogP contribution is 1.73. The highest BCUT2D eigenvalue weighted by molar-refractivity contribution is 7.91. The fourth-order valence-corrected chi connectivity index (χ4v) is 0.321. The van der Waals surface area contributed by atoms with Crippen molar-refractivity contribution in [3.05, 3.63) is 0 Å². The first-order valence-electron chi connectivity index (χ1n) is 1.59. The second kappa shape index (κ2) is 2.07. The van der Waals surface area contributed by atoms with Crippen LogP contribution in [0.4, 0.5) is 0 Å². The Morgan fingerprint density at radius 1 is 1.57 bits per heavy atom. The maximum Gasteiger partial charge on any atom is 0.214 e. The summed E-state index contributed by atoms with van der Waals surface area (Å²) in [6.45, 7) is 0. The van der Waals surface area contributed by atoms with E-state index in [1.165, 1.54) is 6.29 Å². The topological polar surface area (TPSA) is 51.2 Å². The molecule has 0 aromatic carbocycles. The Labute approximate surface area is 42.3 Å². The smallest absolute Gasteiger partial charge is 0.214 e. The molecule has 41 valence electrons. The summed E-state index contributed by atoms with van der Waals surface area (Å²) in [5.41, 5.74) is 0. The number of hydrogen-bond acceptors (Lipinski definition) is 3. The Balaban J connectivity index is 3.84. The number of carbonyl (C=O) groups excluding carboxylic acids is 1. The molecule has 0 bridgehead atoms. The molecule has 7 heavy (non-hydrogen) atoms. The van der Waals surface area contributed by atoms with E-state index in [1.54, 1.807) is 0 Å². The van der Waals surface area contributed by atoms with Gasteiger partial charge in [0.05, 0.1) is 0 Å². The van der Waals surface area contributed by atoms with Gasteiger partial charge in [-0.3, -0.25) is 4.79 Å². The Hall–Kier alpha value is -0.380. The van der Waals surface area contributed by atoms with Crippen LogP contribution in [0.2, 0.25) is 0 Å². The van der Waals surface area contributed by atoms with Gasteiger partial charge in [0.1, 0.15) is 5.75 Å². The Morgan fingerprint density at radius 3 is 2.00 bits per heavy atom. The highest BCUT2D eigenvalue weighted by Gasteiger charge is 1.97. The van der Waals surface area contributed by atoms with Crippen LogP contribution in [0.15, 0.2) is 0 Å². The summed E-state index contributed by atoms with van der Waals surface area (Å²) in [4.78, 5) is 9.32. The van der Waals surface area contributed by atoms with Gasteiger partial charge in [0.15, 0.2) is 9.84 Å². The summed E-state index contributed by atoms with van der Waals surface area (Å²) in [7, 11) is -3.10. The summed E-state index contributed by atoms with van der Waals surface area (Å²) in [5, 5.41) is 0. The molecule has 0 aliphatic carbocycles. The first-order chi connectivity index (χ1) is 3.06. The van der Waals surface area contributed by atoms with E-state index in [0.717, 1.165) is 6.26 Å². The standard InChI is InChI=1S/C3H5O3S/c1-7(5,6)3-2-4/h3H2,1H3. The molecule has 0 heterocycles. The molecule has 0 saturated heterocycles. The largest absolute Gasteiger partial charge is 0.290 e. The van der Waals surface area contributed by atoms with Gasteiger partial charge in [-0.2, -0.15) is 0 Å². The fourth-order valence-electron chi connectivity index (χ4n) is 0.107. The molecule has 4 heteroatoms. The average Bonchev–Trinajstić information content (AvgIpc) is 1.30. The van der Waals surface area contributed by atoms with E-state index in [1.807, 2.05) is 0 Å². The van der Waals surface area contributed by atoms with E-state index >= 15 is 0 Å². The second-order valence-electron chi connectivity index (χ2n) is 1.21. The van der Waals surface area contributed by atoms with E-state index in [9.17, 15) is 13.2 Å². The molecule has 3 nitrogen and oxygen atoms in total. The Morgan fingerprint density at radius 2 is 2.00 bits per heavy atom. The maximum absolute atomic E-state index is 9.97. The van der Waals surface area contributed by atoms with Crippen molar-refractivity contribution < 1.29 is 13.2 Å². The van der Waals surface area contributed by atoms with Crippen molar-refractivity contribution in [2.24, 2.45) is 0 Å². The van der Waals surface area contributed by atoms with Gasteiger partial charge in [-0.1, -0.05) is 0 Å². The molecular weight excluding hydrogens is 116 g/mol. The van der Waals surface area contributed by atoms with Crippen LogP contribution in [0.1, 0.15) is 0 Å². The molecule has 0 unspecified atom stereocenters. The fraction of sp³-hybridized carbons (Fsp3) is 0.667. The third-order valence-electron chi connectivity index (χ3n) is 0.321. The molecule has 0 aromatic rings. The van der Waals surface area contributed by atoms with E-state index in [4.69, 9.17) is 0 Å². The van der Waals surface area contributed by atoms with Crippen LogP contribution in [-0.4, -0.2) is 26.7 Å².